The van der Waals surface area contributed by atoms with E-state index in [0.717, 1.165) is 40.4 Å². The zero-order chi connectivity index (χ0) is 15.8. The maximum Gasteiger partial charge on any atom is 0.267 e. The third-order valence-electron chi connectivity index (χ3n) is 3.77. The molecule has 6 heteroatoms. The minimum atomic E-state index is -0.0509. The van der Waals surface area contributed by atoms with Gasteiger partial charge in [0.05, 0.1) is 5.69 Å². The van der Waals surface area contributed by atoms with Gasteiger partial charge in [0.15, 0.2) is 0 Å². The van der Waals surface area contributed by atoms with Crippen LogP contribution in [0.3, 0.4) is 0 Å². The highest BCUT2D eigenvalue weighted by molar-refractivity contribution is 7.13. The van der Waals surface area contributed by atoms with Gasteiger partial charge in [-0.15, -0.1) is 11.3 Å². The summed E-state index contributed by atoms with van der Waals surface area (Å²) in [5.74, 6) is -0.0509. The lowest BCUT2D eigenvalue weighted by Crippen LogP contribution is -2.25. The molecular weight excluding hydrogens is 308 g/mol. The van der Waals surface area contributed by atoms with Gasteiger partial charge in [0.1, 0.15) is 10.7 Å². The maximum absolute atomic E-state index is 12.0. The number of aromatic nitrogens is 2. The Balaban J connectivity index is 1.57. The predicted molar refractivity (Wildman–Crippen MR) is 92.2 cm³/mol. The van der Waals surface area contributed by atoms with Crippen molar-refractivity contribution in [2.24, 2.45) is 0 Å². The Morgan fingerprint density at radius 2 is 2.17 bits per heavy atom. The number of nitrogens with two attached hydrogens (primary N) is 1. The van der Waals surface area contributed by atoms with Crippen LogP contribution in [0.1, 0.15) is 23.3 Å². The zero-order valence-corrected chi connectivity index (χ0v) is 13.2. The maximum atomic E-state index is 12.0. The monoisotopic (exact) mass is 324 g/mol. The van der Waals surface area contributed by atoms with E-state index in [0.29, 0.717) is 11.7 Å². The molecule has 3 aromatic rings. The van der Waals surface area contributed by atoms with Crippen LogP contribution in [0.2, 0.25) is 0 Å². The fourth-order valence-corrected chi connectivity index (χ4v) is 3.20. The average Bonchev–Trinajstić information content (AvgIpc) is 3.06. The molecule has 0 atom stereocenters. The molecule has 0 aliphatic heterocycles. The molecule has 1 fully saturated rings. The zero-order valence-electron chi connectivity index (χ0n) is 12.4. The lowest BCUT2D eigenvalue weighted by molar-refractivity contribution is 0.0946. The van der Waals surface area contributed by atoms with Crippen LogP contribution in [0.5, 0.6) is 0 Å². The summed E-state index contributed by atoms with van der Waals surface area (Å²) in [7, 11) is 0. The number of H-pyrrole nitrogens is 1. The van der Waals surface area contributed by atoms with Crippen molar-refractivity contribution < 1.29 is 4.79 Å². The van der Waals surface area contributed by atoms with E-state index in [1.807, 2.05) is 41.9 Å². The molecule has 4 rings (SSSR count). The largest absolute Gasteiger partial charge is 0.399 e. The van der Waals surface area contributed by atoms with E-state index in [1.165, 1.54) is 0 Å². The van der Waals surface area contributed by atoms with E-state index in [-0.39, 0.29) is 5.91 Å². The molecule has 0 radical (unpaired) electrons. The number of anilines is 1. The number of rotatable bonds is 4. The number of nitrogens with one attached hydrogen (secondary N) is 2. The van der Waals surface area contributed by atoms with E-state index in [2.05, 4.69) is 15.3 Å². The van der Waals surface area contributed by atoms with Crippen molar-refractivity contribution in [1.82, 2.24) is 15.3 Å². The third kappa shape index (κ3) is 2.98. The SMILES string of the molecule is Nc1cccc(-c2nc(-c3c[nH]c(C(=O)NC4CC4)c3)cs2)c1. The second-order valence-corrected chi connectivity index (χ2v) is 6.57. The summed E-state index contributed by atoms with van der Waals surface area (Å²) >= 11 is 1.56. The number of nitrogen functional groups attached to an aromatic ring is 1. The molecule has 1 aromatic carbocycles. The van der Waals surface area contributed by atoms with Crippen LogP contribution < -0.4 is 11.1 Å². The quantitative estimate of drug-likeness (QED) is 0.644. The Morgan fingerprint density at radius 3 is 2.96 bits per heavy atom. The topological polar surface area (TPSA) is 83.8 Å². The molecule has 2 heterocycles. The fourth-order valence-electron chi connectivity index (χ4n) is 2.37. The molecule has 5 nitrogen and oxygen atoms in total. The molecule has 1 saturated carbocycles. The highest BCUT2D eigenvalue weighted by atomic mass is 32.1. The first-order chi connectivity index (χ1) is 11.2. The van der Waals surface area contributed by atoms with Crippen molar-refractivity contribution in [1.29, 1.82) is 0 Å². The Hall–Kier alpha value is -2.60. The number of amides is 1. The highest BCUT2D eigenvalue weighted by Crippen LogP contribution is 2.30. The normalized spacial score (nSPS) is 13.9. The van der Waals surface area contributed by atoms with Gasteiger partial charge in [-0.25, -0.2) is 4.98 Å². The Labute approximate surface area is 137 Å². The fraction of sp³-hybridized carbons (Fsp3) is 0.176. The molecule has 116 valence electrons. The summed E-state index contributed by atoms with van der Waals surface area (Å²) in [6, 6.07) is 9.87. The van der Waals surface area contributed by atoms with Crippen LogP contribution in [-0.4, -0.2) is 21.9 Å². The van der Waals surface area contributed by atoms with Gasteiger partial charge < -0.3 is 16.0 Å². The molecule has 1 amide bonds. The number of carbonyl (C=O) groups excluding carboxylic acids is 1. The standard InChI is InChI=1S/C17H16N4OS/c18-12-3-1-2-10(6-12)17-21-15(9-23-17)11-7-14(19-8-11)16(22)20-13-4-5-13/h1-3,6-9,13,19H,4-5,18H2,(H,20,22). The van der Waals surface area contributed by atoms with Crippen LogP contribution in [0.4, 0.5) is 5.69 Å². The summed E-state index contributed by atoms with van der Waals surface area (Å²) in [5, 5.41) is 5.88. The lowest BCUT2D eigenvalue weighted by atomic mass is 10.2. The number of aromatic amines is 1. The van der Waals surface area contributed by atoms with E-state index < -0.39 is 0 Å². The van der Waals surface area contributed by atoms with Crippen molar-refractivity contribution in [3.63, 3.8) is 0 Å². The molecule has 0 bridgehead atoms. The first-order valence-corrected chi connectivity index (χ1v) is 8.38. The van der Waals surface area contributed by atoms with Crippen LogP contribution in [-0.2, 0) is 0 Å². The molecule has 2 aromatic heterocycles. The van der Waals surface area contributed by atoms with E-state index >= 15 is 0 Å². The first-order valence-electron chi connectivity index (χ1n) is 7.50. The van der Waals surface area contributed by atoms with Gasteiger partial charge in [-0.05, 0) is 31.0 Å². The third-order valence-corrected chi connectivity index (χ3v) is 4.67. The van der Waals surface area contributed by atoms with Gasteiger partial charge in [0.2, 0.25) is 0 Å². The van der Waals surface area contributed by atoms with Gasteiger partial charge in [-0.2, -0.15) is 0 Å². The number of benzene rings is 1. The van der Waals surface area contributed by atoms with Gasteiger partial charge in [0.25, 0.3) is 5.91 Å². The van der Waals surface area contributed by atoms with Crippen LogP contribution in [0.15, 0.2) is 41.9 Å². The van der Waals surface area contributed by atoms with Crippen LogP contribution in [0.25, 0.3) is 21.8 Å². The summed E-state index contributed by atoms with van der Waals surface area (Å²) in [5.41, 5.74) is 9.89. The van der Waals surface area contributed by atoms with Gasteiger partial charge in [-0.3, -0.25) is 4.79 Å². The predicted octanol–water partition coefficient (Wildman–Crippen LogP) is 3.28. The van der Waals surface area contributed by atoms with E-state index in [1.54, 1.807) is 11.3 Å². The van der Waals surface area contributed by atoms with Crippen molar-refractivity contribution >= 4 is 22.9 Å². The number of hydrogen-bond acceptors (Lipinski definition) is 4. The van der Waals surface area contributed by atoms with Crippen molar-refractivity contribution in [2.45, 2.75) is 18.9 Å². The average molecular weight is 324 g/mol. The van der Waals surface area contributed by atoms with Crippen LogP contribution in [0, 0.1) is 0 Å². The molecular formula is C17H16N4OS. The van der Waals surface area contributed by atoms with E-state index in [4.69, 9.17) is 5.73 Å². The van der Waals surface area contributed by atoms with Crippen molar-refractivity contribution in [3.8, 4) is 21.8 Å². The highest BCUT2D eigenvalue weighted by Gasteiger charge is 2.24. The minimum Gasteiger partial charge on any atom is -0.399 e. The number of carbonyl (C=O) groups is 1. The molecule has 23 heavy (non-hydrogen) atoms. The number of thiazole rings is 1. The minimum absolute atomic E-state index is 0.0509. The molecule has 1 aliphatic carbocycles. The van der Waals surface area contributed by atoms with Gasteiger partial charge >= 0.3 is 0 Å². The molecule has 0 unspecified atom stereocenters. The van der Waals surface area contributed by atoms with Gasteiger partial charge in [-0.1, -0.05) is 12.1 Å². The lowest BCUT2D eigenvalue weighted by Gasteiger charge is -1.99. The summed E-state index contributed by atoms with van der Waals surface area (Å²) in [4.78, 5) is 19.7. The Kier molecular flexibility index (Phi) is 3.38. The summed E-state index contributed by atoms with van der Waals surface area (Å²) < 4.78 is 0. The Bertz CT molecular complexity index is 863. The summed E-state index contributed by atoms with van der Waals surface area (Å²) in [6.45, 7) is 0. The van der Waals surface area contributed by atoms with Crippen molar-refractivity contribution in [3.05, 3.63) is 47.6 Å². The van der Waals surface area contributed by atoms with Gasteiger partial charge in [0, 0.05) is 34.4 Å². The smallest absolute Gasteiger partial charge is 0.267 e. The first kappa shape index (κ1) is 14.0. The van der Waals surface area contributed by atoms with E-state index in [9.17, 15) is 4.79 Å². The second-order valence-electron chi connectivity index (χ2n) is 5.71. The number of hydrogen-bond donors (Lipinski definition) is 3. The van der Waals surface area contributed by atoms with Crippen LogP contribution >= 0.6 is 11.3 Å². The molecule has 0 spiro atoms. The van der Waals surface area contributed by atoms with Crippen molar-refractivity contribution in [2.75, 3.05) is 5.73 Å². The summed E-state index contributed by atoms with van der Waals surface area (Å²) in [6.07, 6.45) is 3.98. The molecule has 0 saturated heterocycles. The molecule has 4 N–H and O–H groups in total. The second kappa shape index (κ2) is 5.55. The molecule has 1 aliphatic rings. The Morgan fingerprint density at radius 1 is 1.30 bits per heavy atom. The number of nitrogens with zero attached hydrogens (tertiary/aromatic N) is 1.